The topological polar surface area (TPSA) is 118 Å². The fraction of sp³-hybridized carbons (Fsp3) is 0.276. The number of ether oxygens (including phenoxy) is 1. The zero-order valence-corrected chi connectivity index (χ0v) is 22.8. The number of anilines is 4. The first kappa shape index (κ1) is 26.7. The number of nitrogens with one attached hydrogen (secondary N) is 2. The molecule has 40 heavy (non-hydrogen) atoms. The van der Waals surface area contributed by atoms with Gasteiger partial charge in [0.05, 0.1) is 41.6 Å². The molecule has 2 aromatic carbocycles. The first-order valence-electron chi connectivity index (χ1n) is 13.0. The van der Waals surface area contributed by atoms with E-state index in [-0.39, 0.29) is 11.9 Å². The number of amides is 2. The molecule has 3 heterocycles. The van der Waals surface area contributed by atoms with E-state index in [1.807, 2.05) is 61.4 Å². The molecule has 1 saturated heterocycles. The summed E-state index contributed by atoms with van der Waals surface area (Å²) in [7, 11) is 5.50. The van der Waals surface area contributed by atoms with E-state index in [1.165, 1.54) is 12.4 Å². The molecule has 11 nitrogen and oxygen atoms in total. The minimum absolute atomic E-state index is 0.195. The first-order chi connectivity index (χ1) is 19.4. The summed E-state index contributed by atoms with van der Waals surface area (Å²) in [6.45, 7) is 4.97. The van der Waals surface area contributed by atoms with E-state index in [1.54, 1.807) is 12.0 Å². The van der Waals surface area contributed by atoms with Crippen molar-refractivity contribution in [2.75, 3.05) is 42.8 Å². The summed E-state index contributed by atoms with van der Waals surface area (Å²) in [4.78, 5) is 36.3. The molecular formula is C29H32N8O3. The van der Waals surface area contributed by atoms with E-state index in [4.69, 9.17) is 4.74 Å². The molecule has 0 unspecified atom stereocenters. The van der Waals surface area contributed by atoms with Crippen LogP contribution in [0.5, 0.6) is 5.75 Å². The van der Waals surface area contributed by atoms with E-state index in [9.17, 15) is 9.59 Å². The monoisotopic (exact) mass is 540 g/mol. The smallest absolute Gasteiger partial charge is 0.247 e. The van der Waals surface area contributed by atoms with Gasteiger partial charge in [0, 0.05) is 56.3 Å². The van der Waals surface area contributed by atoms with Crippen LogP contribution in [0.2, 0.25) is 0 Å². The minimum atomic E-state index is -0.323. The Bertz CT molecular complexity index is 1560. The second-order valence-electron chi connectivity index (χ2n) is 9.70. The normalized spacial score (nSPS) is 13.6. The number of rotatable bonds is 9. The number of aromatic nitrogens is 4. The third-order valence-corrected chi connectivity index (χ3v) is 7.31. The zero-order valence-electron chi connectivity index (χ0n) is 22.8. The second kappa shape index (κ2) is 11.4. The number of carbonyl (C=O) groups excluding carboxylic acids is 2. The number of carbonyl (C=O) groups is 2. The SMILES string of the molecule is C=CC(=O)Nc1cc(Nc2cc(-c3ccc4c(cnn4C)c3)ncn2)c(OC)cc1N(C)C1CCN(C=O)CC1. The van der Waals surface area contributed by atoms with Crippen LogP contribution in [0.4, 0.5) is 22.9 Å². The summed E-state index contributed by atoms with van der Waals surface area (Å²) >= 11 is 0. The van der Waals surface area contributed by atoms with Crippen LogP contribution >= 0.6 is 0 Å². The molecule has 4 aromatic rings. The number of aryl methyl sites for hydroxylation is 1. The summed E-state index contributed by atoms with van der Waals surface area (Å²) in [6, 6.07) is 11.8. The molecule has 2 amide bonds. The van der Waals surface area contributed by atoms with Gasteiger partial charge in [0.1, 0.15) is 17.9 Å². The summed E-state index contributed by atoms with van der Waals surface area (Å²) < 4.78 is 7.58. The number of nitrogens with zero attached hydrogens (tertiary/aromatic N) is 6. The van der Waals surface area contributed by atoms with Crippen molar-refractivity contribution in [1.29, 1.82) is 0 Å². The highest BCUT2D eigenvalue weighted by Crippen LogP contribution is 2.39. The highest BCUT2D eigenvalue weighted by Gasteiger charge is 2.25. The average molecular weight is 541 g/mol. The Morgan fingerprint density at radius 1 is 1.15 bits per heavy atom. The van der Waals surface area contributed by atoms with E-state index < -0.39 is 0 Å². The van der Waals surface area contributed by atoms with E-state index in [0.717, 1.165) is 47.1 Å². The van der Waals surface area contributed by atoms with Crippen LogP contribution in [-0.2, 0) is 16.6 Å². The number of piperidine rings is 1. The minimum Gasteiger partial charge on any atom is -0.494 e. The van der Waals surface area contributed by atoms with Crippen LogP contribution in [0, 0.1) is 0 Å². The van der Waals surface area contributed by atoms with Gasteiger partial charge < -0.3 is 25.2 Å². The lowest BCUT2D eigenvalue weighted by Crippen LogP contribution is -2.43. The molecule has 1 fully saturated rings. The third kappa shape index (κ3) is 5.44. The molecule has 0 aliphatic carbocycles. The molecular weight excluding hydrogens is 508 g/mol. The van der Waals surface area contributed by atoms with Gasteiger partial charge in [-0.25, -0.2) is 9.97 Å². The number of fused-ring (bicyclic) bond motifs is 1. The lowest BCUT2D eigenvalue weighted by atomic mass is 10.0. The summed E-state index contributed by atoms with van der Waals surface area (Å²) in [5.74, 6) is 0.829. The highest BCUT2D eigenvalue weighted by atomic mass is 16.5. The summed E-state index contributed by atoms with van der Waals surface area (Å²) in [5, 5.41) is 11.6. The molecule has 11 heteroatoms. The van der Waals surface area contributed by atoms with Gasteiger partial charge in [-0.2, -0.15) is 5.10 Å². The van der Waals surface area contributed by atoms with Crippen LogP contribution in [0.1, 0.15) is 12.8 Å². The summed E-state index contributed by atoms with van der Waals surface area (Å²) in [6.07, 6.45) is 7.10. The maximum Gasteiger partial charge on any atom is 0.247 e. The van der Waals surface area contributed by atoms with Crippen LogP contribution in [0.15, 0.2) is 61.6 Å². The molecule has 206 valence electrons. The quantitative estimate of drug-likeness (QED) is 0.242. The van der Waals surface area contributed by atoms with Crippen molar-refractivity contribution < 1.29 is 14.3 Å². The fourth-order valence-corrected chi connectivity index (χ4v) is 5.03. The Morgan fingerprint density at radius 2 is 1.95 bits per heavy atom. The average Bonchev–Trinajstić information content (AvgIpc) is 3.36. The van der Waals surface area contributed by atoms with Gasteiger partial charge in [-0.3, -0.25) is 14.3 Å². The first-order valence-corrected chi connectivity index (χ1v) is 13.0. The lowest BCUT2D eigenvalue weighted by molar-refractivity contribution is -0.119. The highest BCUT2D eigenvalue weighted by molar-refractivity contribution is 6.02. The summed E-state index contributed by atoms with van der Waals surface area (Å²) in [5.41, 5.74) is 4.76. The van der Waals surface area contributed by atoms with Gasteiger partial charge in [-0.15, -0.1) is 0 Å². The molecule has 0 atom stereocenters. The maximum absolute atomic E-state index is 12.4. The second-order valence-corrected chi connectivity index (χ2v) is 9.70. The van der Waals surface area contributed by atoms with Crippen molar-refractivity contribution in [3.63, 3.8) is 0 Å². The predicted octanol–water partition coefficient (Wildman–Crippen LogP) is 3.96. The molecule has 1 aliphatic heterocycles. The van der Waals surface area contributed by atoms with Crippen LogP contribution < -0.4 is 20.3 Å². The van der Waals surface area contributed by atoms with Gasteiger partial charge in [0.25, 0.3) is 0 Å². The van der Waals surface area contributed by atoms with Crippen molar-refractivity contribution >= 4 is 46.1 Å². The molecule has 2 N–H and O–H groups in total. The Kier molecular flexibility index (Phi) is 7.63. The molecule has 0 saturated carbocycles. The number of methoxy groups -OCH3 is 1. The number of likely N-dealkylation sites (tertiary alicyclic amines) is 1. The van der Waals surface area contributed by atoms with Gasteiger partial charge in [0.2, 0.25) is 12.3 Å². The maximum atomic E-state index is 12.4. The van der Waals surface area contributed by atoms with Gasteiger partial charge in [-0.1, -0.05) is 12.6 Å². The van der Waals surface area contributed by atoms with Crippen molar-refractivity contribution in [2.45, 2.75) is 18.9 Å². The van der Waals surface area contributed by atoms with Crippen molar-refractivity contribution in [1.82, 2.24) is 24.6 Å². The van der Waals surface area contributed by atoms with Crippen LogP contribution in [-0.4, -0.2) is 70.3 Å². The molecule has 1 aliphatic rings. The van der Waals surface area contributed by atoms with Crippen LogP contribution in [0.3, 0.4) is 0 Å². The standard InChI is InChI=1S/C29H32N8O3/c1-5-29(39)34-23-13-24(27(40-4)15-26(23)35(2)21-8-10-37(18-38)11-9-21)33-28-14-22(30-17-31-28)19-6-7-25-20(12-19)16-32-36(25)3/h5-7,12-18,21H,1,8-11H2,2-4H3,(H,34,39)(H,30,31,33). The van der Waals surface area contributed by atoms with Crippen molar-refractivity contribution in [3.8, 4) is 17.0 Å². The molecule has 0 spiro atoms. The van der Waals surface area contributed by atoms with Gasteiger partial charge >= 0.3 is 0 Å². The molecule has 0 bridgehead atoms. The Hall–Kier alpha value is -4.93. The zero-order chi connectivity index (χ0) is 28.2. The third-order valence-electron chi connectivity index (χ3n) is 7.31. The Morgan fingerprint density at radius 3 is 2.67 bits per heavy atom. The predicted molar refractivity (Wildman–Crippen MR) is 156 cm³/mol. The Balaban J connectivity index is 1.46. The van der Waals surface area contributed by atoms with Gasteiger partial charge in [-0.05, 0) is 37.1 Å². The van der Waals surface area contributed by atoms with Crippen molar-refractivity contribution in [2.24, 2.45) is 7.05 Å². The van der Waals surface area contributed by atoms with Crippen LogP contribution in [0.25, 0.3) is 22.2 Å². The molecule has 0 radical (unpaired) electrons. The number of hydrogen-bond donors (Lipinski definition) is 2. The number of hydrogen-bond acceptors (Lipinski definition) is 8. The lowest BCUT2D eigenvalue weighted by Gasteiger charge is -2.37. The number of benzene rings is 2. The van der Waals surface area contributed by atoms with E-state index in [2.05, 4.69) is 37.2 Å². The van der Waals surface area contributed by atoms with Crippen molar-refractivity contribution in [3.05, 3.63) is 61.6 Å². The Labute approximate surface area is 232 Å². The van der Waals surface area contributed by atoms with Gasteiger partial charge in [0.15, 0.2) is 0 Å². The molecule has 5 rings (SSSR count). The van der Waals surface area contributed by atoms with E-state index in [0.29, 0.717) is 36.0 Å². The fourth-order valence-electron chi connectivity index (χ4n) is 5.03. The molecule has 2 aromatic heterocycles. The largest absolute Gasteiger partial charge is 0.494 e. The van der Waals surface area contributed by atoms with E-state index >= 15 is 0 Å².